The lowest BCUT2D eigenvalue weighted by Crippen LogP contribution is -2.57. The van der Waals surface area contributed by atoms with E-state index in [9.17, 15) is 8.42 Å². The highest BCUT2D eigenvalue weighted by Crippen LogP contribution is 2.37. The fraction of sp³-hybridized carbons (Fsp3) is 0.692. The molecule has 0 amide bonds. The Morgan fingerprint density at radius 2 is 1.81 bits per heavy atom. The summed E-state index contributed by atoms with van der Waals surface area (Å²) >= 11 is 0. The van der Waals surface area contributed by atoms with Crippen molar-refractivity contribution >= 4 is 16.0 Å². The molecule has 7 nitrogen and oxygen atoms in total. The molecule has 1 saturated carbocycles. The van der Waals surface area contributed by atoms with E-state index in [0.29, 0.717) is 12.5 Å². The molecule has 1 fully saturated rings. The van der Waals surface area contributed by atoms with Gasteiger partial charge in [-0.15, -0.1) is 0 Å². The highest BCUT2D eigenvalue weighted by molar-refractivity contribution is 7.89. The molecule has 0 spiro atoms. The van der Waals surface area contributed by atoms with Crippen LogP contribution < -0.4 is 5.32 Å². The van der Waals surface area contributed by atoms with E-state index in [0.717, 1.165) is 19.3 Å². The van der Waals surface area contributed by atoms with Crippen molar-refractivity contribution in [3.8, 4) is 0 Å². The van der Waals surface area contributed by atoms with E-state index in [1.807, 2.05) is 14.1 Å². The normalized spacial score (nSPS) is 17.8. The van der Waals surface area contributed by atoms with Crippen molar-refractivity contribution in [2.45, 2.75) is 29.7 Å². The summed E-state index contributed by atoms with van der Waals surface area (Å²) in [4.78, 5) is 10.2. The van der Waals surface area contributed by atoms with E-state index in [1.165, 1.54) is 16.7 Å². The minimum atomic E-state index is -3.55. The van der Waals surface area contributed by atoms with Gasteiger partial charge in [-0.3, -0.25) is 0 Å². The summed E-state index contributed by atoms with van der Waals surface area (Å²) in [6, 6.07) is 0. The predicted molar refractivity (Wildman–Crippen MR) is 81.7 cm³/mol. The number of likely N-dealkylation sites (N-methyl/N-ethyl adjacent to an activating group) is 2. The minimum absolute atomic E-state index is 0.0480. The van der Waals surface area contributed by atoms with Gasteiger partial charge in [0.25, 0.3) is 0 Å². The van der Waals surface area contributed by atoms with Gasteiger partial charge in [-0.25, -0.2) is 18.4 Å². The molecular formula is C13H23N5O2S. The van der Waals surface area contributed by atoms with Crippen molar-refractivity contribution < 1.29 is 8.42 Å². The van der Waals surface area contributed by atoms with E-state index in [-0.39, 0.29) is 10.4 Å². The first-order chi connectivity index (χ1) is 9.82. The van der Waals surface area contributed by atoms with Crippen LogP contribution in [0.15, 0.2) is 17.3 Å². The quantitative estimate of drug-likeness (QED) is 0.829. The number of aromatic nitrogens is 2. The summed E-state index contributed by atoms with van der Waals surface area (Å²) in [5.74, 6) is 0.403. The van der Waals surface area contributed by atoms with Crippen LogP contribution in [0.25, 0.3) is 0 Å². The van der Waals surface area contributed by atoms with E-state index >= 15 is 0 Å². The summed E-state index contributed by atoms with van der Waals surface area (Å²) in [6.07, 6.45) is 5.87. The van der Waals surface area contributed by atoms with Crippen LogP contribution in [0.1, 0.15) is 19.3 Å². The van der Waals surface area contributed by atoms with Crippen LogP contribution in [0, 0.1) is 0 Å². The molecule has 0 radical (unpaired) electrons. The fourth-order valence-electron chi connectivity index (χ4n) is 2.59. The zero-order valence-electron chi connectivity index (χ0n) is 13.0. The first-order valence-corrected chi connectivity index (χ1v) is 8.39. The van der Waals surface area contributed by atoms with Gasteiger partial charge in [0.2, 0.25) is 16.0 Å². The molecule has 1 aliphatic rings. The van der Waals surface area contributed by atoms with E-state index in [2.05, 4.69) is 20.2 Å². The van der Waals surface area contributed by atoms with Crippen molar-refractivity contribution in [3.63, 3.8) is 0 Å². The SMILES string of the molecule is CNc1ncc(S(=O)(=O)N(C)CC2(N(C)C)CCC2)cn1. The molecule has 0 aromatic carbocycles. The van der Waals surface area contributed by atoms with Gasteiger partial charge < -0.3 is 10.2 Å². The lowest BCUT2D eigenvalue weighted by Gasteiger charge is -2.48. The number of anilines is 1. The van der Waals surface area contributed by atoms with Crippen molar-refractivity contribution in [1.82, 2.24) is 19.2 Å². The lowest BCUT2D eigenvalue weighted by atomic mass is 9.75. The first-order valence-electron chi connectivity index (χ1n) is 6.95. The fourth-order valence-corrected chi connectivity index (χ4v) is 3.73. The van der Waals surface area contributed by atoms with Crippen LogP contribution in [0.5, 0.6) is 0 Å². The molecule has 21 heavy (non-hydrogen) atoms. The molecule has 0 aliphatic heterocycles. The van der Waals surface area contributed by atoms with E-state index in [1.54, 1.807) is 14.1 Å². The summed E-state index contributed by atoms with van der Waals surface area (Å²) in [7, 11) is 3.76. The number of nitrogens with one attached hydrogen (secondary N) is 1. The summed E-state index contributed by atoms with van der Waals surface area (Å²) < 4.78 is 26.6. The maximum atomic E-state index is 12.6. The Labute approximate surface area is 126 Å². The number of hydrogen-bond donors (Lipinski definition) is 1. The Kier molecular flexibility index (Phi) is 4.50. The zero-order chi connectivity index (χ0) is 15.7. The Balaban J connectivity index is 2.18. The standard InChI is InChI=1S/C13H23N5O2S/c1-14-12-15-8-11(9-16-12)21(19,20)18(4)10-13(17(2)3)6-5-7-13/h8-9H,5-7,10H2,1-4H3,(H,14,15,16). The smallest absolute Gasteiger partial charge is 0.245 e. The molecule has 0 unspecified atom stereocenters. The zero-order valence-corrected chi connectivity index (χ0v) is 13.8. The molecule has 0 atom stereocenters. The molecular weight excluding hydrogens is 290 g/mol. The monoisotopic (exact) mass is 313 g/mol. The Morgan fingerprint density at radius 3 is 2.19 bits per heavy atom. The summed E-state index contributed by atoms with van der Waals surface area (Å²) in [5.41, 5.74) is -0.0480. The Morgan fingerprint density at radius 1 is 1.24 bits per heavy atom. The predicted octanol–water partition coefficient (Wildman–Crippen LogP) is 0.623. The minimum Gasteiger partial charge on any atom is -0.357 e. The Bertz CT molecular complexity index is 581. The van der Waals surface area contributed by atoms with Gasteiger partial charge in [-0.05, 0) is 33.4 Å². The van der Waals surface area contributed by atoms with Crippen LogP contribution in [-0.4, -0.2) is 67.9 Å². The second kappa shape index (κ2) is 5.86. The first kappa shape index (κ1) is 16.1. The van der Waals surface area contributed by atoms with Crippen molar-refractivity contribution in [2.75, 3.05) is 40.1 Å². The van der Waals surface area contributed by atoms with Gasteiger partial charge in [0.05, 0.1) is 12.4 Å². The van der Waals surface area contributed by atoms with Gasteiger partial charge in [-0.1, -0.05) is 0 Å². The molecule has 2 rings (SSSR count). The van der Waals surface area contributed by atoms with Crippen LogP contribution >= 0.6 is 0 Å². The third kappa shape index (κ3) is 3.02. The third-order valence-electron chi connectivity index (χ3n) is 4.31. The molecule has 1 aromatic heterocycles. The van der Waals surface area contributed by atoms with Gasteiger partial charge in [0, 0.05) is 26.2 Å². The number of nitrogens with zero attached hydrogens (tertiary/aromatic N) is 4. The number of rotatable bonds is 6. The second-order valence-electron chi connectivity index (χ2n) is 5.73. The maximum absolute atomic E-state index is 12.6. The molecule has 0 saturated heterocycles. The van der Waals surface area contributed by atoms with Crippen LogP contribution in [0.2, 0.25) is 0 Å². The second-order valence-corrected chi connectivity index (χ2v) is 7.77. The van der Waals surface area contributed by atoms with Crippen molar-refractivity contribution in [2.24, 2.45) is 0 Å². The van der Waals surface area contributed by atoms with Crippen LogP contribution in [0.3, 0.4) is 0 Å². The van der Waals surface area contributed by atoms with Crippen LogP contribution in [0.4, 0.5) is 5.95 Å². The molecule has 1 heterocycles. The number of sulfonamides is 1. The van der Waals surface area contributed by atoms with E-state index in [4.69, 9.17) is 0 Å². The van der Waals surface area contributed by atoms with Gasteiger partial charge >= 0.3 is 0 Å². The van der Waals surface area contributed by atoms with Crippen LogP contribution in [-0.2, 0) is 10.0 Å². The molecule has 0 bridgehead atoms. The van der Waals surface area contributed by atoms with E-state index < -0.39 is 10.0 Å². The van der Waals surface area contributed by atoms with Gasteiger partial charge in [0.1, 0.15) is 4.90 Å². The molecule has 1 aliphatic carbocycles. The number of hydrogen-bond acceptors (Lipinski definition) is 6. The Hall–Kier alpha value is -1.25. The highest BCUT2D eigenvalue weighted by Gasteiger charge is 2.42. The highest BCUT2D eigenvalue weighted by atomic mass is 32.2. The molecule has 1 aromatic rings. The summed E-state index contributed by atoms with van der Waals surface area (Å²) in [6.45, 7) is 0.482. The lowest BCUT2D eigenvalue weighted by molar-refractivity contribution is 0.0455. The topological polar surface area (TPSA) is 78.4 Å². The third-order valence-corrected chi connectivity index (χ3v) is 6.07. The van der Waals surface area contributed by atoms with Crippen molar-refractivity contribution in [1.29, 1.82) is 0 Å². The van der Waals surface area contributed by atoms with Crippen molar-refractivity contribution in [3.05, 3.63) is 12.4 Å². The van der Waals surface area contributed by atoms with Gasteiger partial charge in [-0.2, -0.15) is 4.31 Å². The largest absolute Gasteiger partial charge is 0.357 e. The average molecular weight is 313 g/mol. The molecule has 1 N–H and O–H groups in total. The molecule has 8 heteroatoms. The maximum Gasteiger partial charge on any atom is 0.245 e. The van der Waals surface area contributed by atoms with Gasteiger partial charge in [0.15, 0.2) is 0 Å². The summed E-state index contributed by atoms with van der Waals surface area (Å²) in [5, 5.41) is 2.77. The molecule has 118 valence electrons. The average Bonchev–Trinajstić information content (AvgIpc) is 2.42.